The first kappa shape index (κ1) is 15.9. The Labute approximate surface area is 136 Å². The first-order valence-electron chi connectivity index (χ1n) is 8.18. The predicted octanol–water partition coefficient (Wildman–Crippen LogP) is 2.94. The molecule has 0 radical (unpaired) electrons. The molecule has 1 N–H and O–H groups in total. The number of hydrogen-bond donors (Lipinski definition) is 1. The van der Waals surface area contributed by atoms with Crippen LogP contribution in [0.5, 0.6) is 0 Å². The molecule has 3 heterocycles. The van der Waals surface area contributed by atoms with E-state index in [1.165, 1.54) is 12.5 Å². The second-order valence-electron chi connectivity index (χ2n) is 7.43. The Morgan fingerprint density at radius 2 is 1.91 bits per heavy atom. The van der Waals surface area contributed by atoms with Crippen molar-refractivity contribution in [2.45, 2.75) is 70.2 Å². The van der Waals surface area contributed by atoms with Gasteiger partial charge in [0.1, 0.15) is 11.9 Å². The number of rotatable bonds is 2. The highest BCUT2D eigenvalue weighted by molar-refractivity contribution is 5.94. The Morgan fingerprint density at radius 3 is 2.43 bits per heavy atom. The van der Waals surface area contributed by atoms with E-state index in [4.69, 9.17) is 9.15 Å². The molecule has 3 rings (SSSR count). The number of nitrogens with zero attached hydrogens (tertiary/aromatic N) is 1. The second kappa shape index (κ2) is 5.91. The van der Waals surface area contributed by atoms with Crippen molar-refractivity contribution in [3.63, 3.8) is 0 Å². The molecule has 2 atom stereocenters. The summed E-state index contributed by atoms with van der Waals surface area (Å²) in [4.78, 5) is 26.4. The molecular weight excluding hydrogens is 296 g/mol. The van der Waals surface area contributed by atoms with Crippen LogP contribution < -0.4 is 5.32 Å². The highest BCUT2D eigenvalue weighted by Gasteiger charge is 2.45. The molecule has 2 aliphatic heterocycles. The van der Waals surface area contributed by atoms with Gasteiger partial charge in [-0.05, 0) is 52.5 Å². The van der Waals surface area contributed by atoms with Gasteiger partial charge < -0.3 is 19.4 Å². The number of amides is 2. The molecule has 2 amide bonds. The zero-order chi connectivity index (χ0) is 16.6. The molecule has 0 spiro atoms. The third-order valence-electron chi connectivity index (χ3n) is 4.46. The van der Waals surface area contributed by atoms with E-state index in [1.807, 2.05) is 25.7 Å². The van der Waals surface area contributed by atoms with E-state index in [2.05, 4.69) is 5.32 Å². The smallest absolute Gasteiger partial charge is 0.410 e. The van der Waals surface area contributed by atoms with Crippen LogP contribution >= 0.6 is 0 Å². The summed E-state index contributed by atoms with van der Waals surface area (Å²) in [6.45, 7) is 5.64. The van der Waals surface area contributed by atoms with Crippen LogP contribution in [0.2, 0.25) is 0 Å². The van der Waals surface area contributed by atoms with Crippen molar-refractivity contribution >= 4 is 12.0 Å². The number of fused-ring (bicyclic) bond motifs is 2. The molecule has 2 saturated heterocycles. The summed E-state index contributed by atoms with van der Waals surface area (Å²) in [5.41, 5.74) is 0.0509. The maximum Gasteiger partial charge on any atom is 0.410 e. The van der Waals surface area contributed by atoms with Gasteiger partial charge in [-0.1, -0.05) is 0 Å². The minimum absolute atomic E-state index is 0.0913. The molecule has 1 aromatic rings. The topological polar surface area (TPSA) is 71.8 Å². The van der Waals surface area contributed by atoms with Crippen LogP contribution in [0.25, 0.3) is 0 Å². The van der Waals surface area contributed by atoms with Crippen LogP contribution in [0.3, 0.4) is 0 Å². The van der Waals surface area contributed by atoms with E-state index in [0.717, 1.165) is 25.7 Å². The van der Waals surface area contributed by atoms with Gasteiger partial charge in [-0.3, -0.25) is 4.79 Å². The number of ether oxygens (including phenoxy) is 1. The molecule has 1 aromatic heterocycles. The van der Waals surface area contributed by atoms with Crippen molar-refractivity contribution in [2.75, 3.05) is 0 Å². The van der Waals surface area contributed by atoms with Crippen LogP contribution in [-0.4, -0.2) is 40.6 Å². The summed E-state index contributed by atoms with van der Waals surface area (Å²) in [5.74, 6) is -0.117. The Kier molecular flexibility index (Phi) is 4.08. The van der Waals surface area contributed by atoms with Crippen molar-refractivity contribution in [3.8, 4) is 0 Å². The summed E-state index contributed by atoms with van der Waals surface area (Å²) in [6, 6.07) is 2.05. The molecule has 2 bridgehead atoms. The van der Waals surface area contributed by atoms with Gasteiger partial charge in [-0.15, -0.1) is 0 Å². The van der Waals surface area contributed by atoms with Gasteiger partial charge in [0.05, 0.1) is 11.8 Å². The zero-order valence-electron chi connectivity index (χ0n) is 13.9. The van der Waals surface area contributed by atoms with Gasteiger partial charge in [-0.2, -0.15) is 0 Å². The fourth-order valence-electron chi connectivity index (χ4n) is 3.57. The van der Waals surface area contributed by atoms with Crippen molar-refractivity contribution in [1.29, 1.82) is 0 Å². The van der Waals surface area contributed by atoms with Crippen molar-refractivity contribution < 1.29 is 18.7 Å². The lowest BCUT2D eigenvalue weighted by Gasteiger charge is -2.39. The van der Waals surface area contributed by atoms with E-state index >= 15 is 0 Å². The fourth-order valence-corrected chi connectivity index (χ4v) is 3.57. The van der Waals surface area contributed by atoms with Gasteiger partial charge in [-0.25, -0.2) is 4.79 Å². The molecule has 23 heavy (non-hydrogen) atoms. The number of piperidine rings is 1. The minimum Gasteiger partial charge on any atom is -0.472 e. The lowest BCUT2D eigenvalue weighted by atomic mass is 9.97. The lowest BCUT2D eigenvalue weighted by Crippen LogP contribution is -2.53. The van der Waals surface area contributed by atoms with Crippen LogP contribution in [-0.2, 0) is 4.74 Å². The van der Waals surface area contributed by atoms with Gasteiger partial charge in [0, 0.05) is 18.1 Å². The largest absolute Gasteiger partial charge is 0.472 e. The van der Waals surface area contributed by atoms with Crippen LogP contribution in [0.15, 0.2) is 23.0 Å². The average Bonchev–Trinajstić information content (AvgIpc) is 3.04. The number of carbonyl (C=O) groups is 2. The Bertz CT molecular complexity index is 562. The number of furan rings is 1. The molecule has 6 heteroatoms. The molecule has 0 saturated carbocycles. The quantitative estimate of drug-likeness (QED) is 0.909. The Hall–Kier alpha value is -1.98. The fraction of sp³-hybridized carbons (Fsp3) is 0.647. The van der Waals surface area contributed by atoms with Gasteiger partial charge in [0.2, 0.25) is 0 Å². The molecule has 2 aliphatic rings. The van der Waals surface area contributed by atoms with Crippen LogP contribution in [0.4, 0.5) is 4.79 Å². The molecule has 2 fully saturated rings. The summed E-state index contributed by atoms with van der Waals surface area (Å²) in [5, 5.41) is 3.05. The Balaban J connectivity index is 1.61. The molecular formula is C17H24N2O4. The third kappa shape index (κ3) is 3.51. The molecule has 0 unspecified atom stereocenters. The van der Waals surface area contributed by atoms with Crippen molar-refractivity contribution in [2.24, 2.45) is 0 Å². The molecule has 0 aromatic carbocycles. The van der Waals surface area contributed by atoms with E-state index in [0.29, 0.717) is 5.56 Å². The molecule has 126 valence electrons. The van der Waals surface area contributed by atoms with Crippen molar-refractivity contribution in [1.82, 2.24) is 10.2 Å². The lowest BCUT2D eigenvalue weighted by molar-refractivity contribution is 0.00500. The monoisotopic (exact) mass is 320 g/mol. The van der Waals surface area contributed by atoms with E-state index in [1.54, 1.807) is 6.07 Å². The summed E-state index contributed by atoms with van der Waals surface area (Å²) >= 11 is 0. The SMILES string of the molecule is CC(C)(C)OC(=O)N1[C@H]2CC[C@H]1CC(NC(=O)c1ccoc1)C2. The molecule has 0 aliphatic carbocycles. The van der Waals surface area contributed by atoms with Crippen LogP contribution in [0.1, 0.15) is 56.8 Å². The average molecular weight is 320 g/mol. The molecule has 6 nitrogen and oxygen atoms in total. The Morgan fingerprint density at radius 1 is 1.26 bits per heavy atom. The number of hydrogen-bond acceptors (Lipinski definition) is 4. The summed E-state index contributed by atoms with van der Waals surface area (Å²) in [6.07, 6.45) is 6.20. The highest BCUT2D eigenvalue weighted by Crippen LogP contribution is 2.36. The standard InChI is InChI=1S/C17H24N2O4/c1-17(2,3)23-16(21)19-13-4-5-14(19)9-12(8-13)18-15(20)11-6-7-22-10-11/h6-7,10,12-14H,4-5,8-9H2,1-3H3,(H,18,20)/t13-,14-/m0/s1. The summed E-state index contributed by atoms with van der Waals surface area (Å²) < 4.78 is 10.5. The van der Waals surface area contributed by atoms with Crippen LogP contribution in [0, 0.1) is 0 Å². The highest BCUT2D eigenvalue weighted by atomic mass is 16.6. The first-order chi connectivity index (χ1) is 10.8. The number of carbonyl (C=O) groups excluding carboxylic acids is 2. The first-order valence-corrected chi connectivity index (χ1v) is 8.18. The normalized spacial score (nSPS) is 26.9. The van der Waals surface area contributed by atoms with Gasteiger partial charge in [0.25, 0.3) is 5.91 Å². The number of nitrogens with one attached hydrogen (secondary N) is 1. The van der Waals surface area contributed by atoms with E-state index in [-0.39, 0.29) is 30.1 Å². The third-order valence-corrected chi connectivity index (χ3v) is 4.46. The van der Waals surface area contributed by atoms with E-state index in [9.17, 15) is 9.59 Å². The zero-order valence-corrected chi connectivity index (χ0v) is 13.9. The van der Waals surface area contributed by atoms with Gasteiger partial charge >= 0.3 is 6.09 Å². The van der Waals surface area contributed by atoms with Gasteiger partial charge in [0.15, 0.2) is 0 Å². The minimum atomic E-state index is -0.483. The predicted molar refractivity (Wildman–Crippen MR) is 84.1 cm³/mol. The maximum absolute atomic E-state index is 12.4. The van der Waals surface area contributed by atoms with E-state index < -0.39 is 5.60 Å². The summed E-state index contributed by atoms with van der Waals surface area (Å²) in [7, 11) is 0. The van der Waals surface area contributed by atoms with Crippen molar-refractivity contribution in [3.05, 3.63) is 24.2 Å². The second-order valence-corrected chi connectivity index (χ2v) is 7.43. The maximum atomic E-state index is 12.4.